The van der Waals surface area contributed by atoms with Crippen molar-refractivity contribution in [1.29, 1.82) is 0 Å². The Kier molecular flexibility index (Phi) is 3.12. The van der Waals surface area contributed by atoms with E-state index in [-0.39, 0.29) is 6.04 Å². The second-order valence-electron chi connectivity index (χ2n) is 5.73. The van der Waals surface area contributed by atoms with Gasteiger partial charge in [-0.1, -0.05) is 0 Å². The van der Waals surface area contributed by atoms with Gasteiger partial charge in [-0.2, -0.15) is 0 Å². The van der Waals surface area contributed by atoms with Crippen LogP contribution in [-0.4, -0.2) is 22.5 Å². The van der Waals surface area contributed by atoms with Crippen LogP contribution in [-0.2, 0) is 17.6 Å². The van der Waals surface area contributed by atoms with Crippen LogP contribution in [0.15, 0.2) is 28.2 Å². The normalized spacial score (nSPS) is 25.3. The monoisotopic (exact) mass is 303 g/mol. The first-order valence-electron chi connectivity index (χ1n) is 7.37. The predicted octanol–water partition coefficient (Wildman–Crippen LogP) is 3.40. The Balaban J connectivity index is 1.74. The molecule has 0 radical (unpaired) electrons. The van der Waals surface area contributed by atoms with Crippen molar-refractivity contribution in [1.82, 2.24) is 4.90 Å². The summed E-state index contributed by atoms with van der Waals surface area (Å²) in [7, 11) is 0. The summed E-state index contributed by atoms with van der Waals surface area (Å²) in [5.41, 5.74) is 2.17. The topological polar surface area (TPSA) is 53.7 Å². The first kappa shape index (κ1) is 13.1. The Bertz CT molecular complexity index is 675. The van der Waals surface area contributed by atoms with Crippen molar-refractivity contribution in [2.75, 3.05) is 6.54 Å². The molecule has 2 aliphatic rings. The third kappa shape index (κ3) is 2.03. The molecule has 1 aliphatic heterocycles. The van der Waals surface area contributed by atoms with Gasteiger partial charge in [0.15, 0.2) is 0 Å². The van der Waals surface area contributed by atoms with Crippen molar-refractivity contribution < 1.29 is 14.3 Å². The fourth-order valence-electron chi connectivity index (χ4n) is 3.75. The highest BCUT2D eigenvalue weighted by atomic mass is 32.1. The number of furan rings is 1. The van der Waals surface area contributed by atoms with E-state index in [1.165, 1.54) is 10.4 Å². The number of thiophene rings is 1. The van der Waals surface area contributed by atoms with Crippen LogP contribution < -0.4 is 0 Å². The lowest BCUT2D eigenvalue weighted by Gasteiger charge is -2.40. The van der Waals surface area contributed by atoms with Gasteiger partial charge in [0.2, 0.25) is 0 Å². The summed E-state index contributed by atoms with van der Waals surface area (Å²) in [6.45, 7) is 0.805. The molecular weight excluding hydrogens is 286 g/mol. The van der Waals surface area contributed by atoms with Gasteiger partial charge in [0.05, 0.1) is 6.26 Å². The standard InChI is InChI=1S/C16H17NO3S/c18-16(19)15-11-6-9-21-14(11)4-7-17(15)12-2-1-3-13-10(12)5-8-20-13/h5-6,8-9,12,15H,1-4,7H2,(H,18,19). The predicted molar refractivity (Wildman–Crippen MR) is 79.5 cm³/mol. The molecule has 2 aromatic rings. The fraction of sp³-hybridized carbons (Fsp3) is 0.438. The third-order valence-corrected chi connectivity index (χ3v) is 5.65. The summed E-state index contributed by atoms with van der Waals surface area (Å²) in [4.78, 5) is 15.2. The van der Waals surface area contributed by atoms with Gasteiger partial charge in [-0.05, 0) is 42.3 Å². The Labute approximate surface area is 127 Å². The first-order chi connectivity index (χ1) is 10.3. The Morgan fingerprint density at radius 1 is 1.33 bits per heavy atom. The van der Waals surface area contributed by atoms with Crippen molar-refractivity contribution >= 4 is 17.3 Å². The fourth-order valence-corrected chi connectivity index (χ4v) is 4.66. The van der Waals surface area contributed by atoms with E-state index in [0.29, 0.717) is 0 Å². The van der Waals surface area contributed by atoms with Crippen LogP contribution in [0.1, 0.15) is 46.7 Å². The van der Waals surface area contributed by atoms with Crippen LogP contribution in [0.3, 0.4) is 0 Å². The summed E-state index contributed by atoms with van der Waals surface area (Å²) in [6, 6.07) is 3.64. The van der Waals surface area contributed by atoms with Crippen molar-refractivity contribution in [2.24, 2.45) is 0 Å². The summed E-state index contributed by atoms with van der Waals surface area (Å²) in [5.74, 6) is 0.288. The molecule has 0 amide bonds. The first-order valence-corrected chi connectivity index (χ1v) is 8.25. The van der Waals surface area contributed by atoms with E-state index in [9.17, 15) is 9.90 Å². The molecule has 2 atom stereocenters. The molecule has 0 bridgehead atoms. The van der Waals surface area contributed by atoms with E-state index >= 15 is 0 Å². The van der Waals surface area contributed by atoms with Crippen LogP contribution in [0, 0.1) is 0 Å². The number of rotatable bonds is 2. The van der Waals surface area contributed by atoms with E-state index in [4.69, 9.17) is 4.42 Å². The lowest BCUT2D eigenvalue weighted by atomic mass is 9.88. The molecule has 4 nitrogen and oxygen atoms in total. The number of carboxylic acids is 1. The van der Waals surface area contributed by atoms with Crippen LogP contribution >= 0.6 is 11.3 Å². The minimum absolute atomic E-state index is 0.168. The molecule has 110 valence electrons. The average Bonchev–Trinajstić information content (AvgIpc) is 3.13. The van der Waals surface area contributed by atoms with Gasteiger partial charge in [-0.3, -0.25) is 9.69 Å². The van der Waals surface area contributed by atoms with Gasteiger partial charge < -0.3 is 9.52 Å². The zero-order chi connectivity index (χ0) is 14.4. The quantitative estimate of drug-likeness (QED) is 0.924. The summed E-state index contributed by atoms with van der Waals surface area (Å²) in [5, 5.41) is 11.8. The molecule has 0 spiro atoms. The molecule has 2 aromatic heterocycles. The maximum atomic E-state index is 11.9. The molecule has 5 heteroatoms. The van der Waals surface area contributed by atoms with Gasteiger partial charge in [-0.15, -0.1) is 11.3 Å². The second kappa shape index (κ2) is 5.00. The van der Waals surface area contributed by atoms with Gasteiger partial charge in [0.1, 0.15) is 11.8 Å². The van der Waals surface area contributed by atoms with E-state index in [0.717, 1.165) is 43.6 Å². The number of fused-ring (bicyclic) bond motifs is 2. The van der Waals surface area contributed by atoms with Crippen LogP contribution in [0.25, 0.3) is 0 Å². The number of aryl methyl sites for hydroxylation is 1. The number of nitrogens with zero attached hydrogens (tertiary/aromatic N) is 1. The van der Waals surface area contributed by atoms with Gasteiger partial charge >= 0.3 is 5.97 Å². The second-order valence-corrected chi connectivity index (χ2v) is 6.74. The number of carboxylic acid groups (broad SMARTS) is 1. The molecule has 2 unspecified atom stereocenters. The molecule has 21 heavy (non-hydrogen) atoms. The highest BCUT2D eigenvalue weighted by Crippen LogP contribution is 2.43. The molecule has 0 saturated carbocycles. The van der Waals surface area contributed by atoms with Crippen molar-refractivity contribution in [3.63, 3.8) is 0 Å². The molecule has 0 saturated heterocycles. The highest BCUT2D eigenvalue weighted by Gasteiger charge is 2.39. The van der Waals surface area contributed by atoms with Crippen molar-refractivity contribution in [3.05, 3.63) is 45.5 Å². The number of hydrogen-bond donors (Lipinski definition) is 1. The van der Waals surface area contributed by atoms with E-state index in [1.807, 2.05) is 17.5 Å². The lowest BCUT2D eigenvalue weighted by molar-refractivity contribution is -0.145. The van der Waals surface area contributed by atoms with E-state index in [2.05, 4.69) is 4.90 Å². The van der Waals surface area contributed by atoms with Crippen molar-refractivity contribution in [2.45, 2.75) is 37.8 Å². The Hall–Kier alpha value is -1.59. The Morgan fingerprint density at radius 2 is 2.24 bits per heavy atom. The number of hydrogen-bond acceptors (Lipinski definition) is 4. The minimum atomic E-state index is -0.745. The zero-order valence-electron chi connectivity index (χ0n) is 11.6. The molecule has 0 fully saturated rings. The van der Waals surface area contributed by atoms with Crippen LogP contribution in [0.2, 0.25) is 0 Å². The van der Waals surface area contributed by atoms with Crippen LogP contribution in [0.4, 0.5) is 0 Å². The largest absolute Gasteiger partial charge is 0.480 e. The average molecular weight is 303 g/mol. The molecular formula is C16H17NO3S. The van der Waals surface area contributed by atoms with Gasteiger partial charge in [-0.25, -0.2) is 0 Å². The number of aliphatic carboxylic acids is 1. The SMILES string of the molecule is O=C(O)C1c2ccsc2CCN1C1CCCc2occc21. The lowest BCUT2D eigenvalue weighted by Crippen LogP contribution is -2.42. The van der Waals surface area contributed by atoms with Crippen molar-refractivity contribution in [3.8, 4) is 0 Å². The van der Waals surface area contributed by atoms with E-state index < -0.39 is 12.0 Å². The highest BCUT2D eigenvalue weighted by molar-refractivity contribution is 7.10. The molecule has 1 N–H and O–H groups in total. The molecule has 3 heterocycles. The third-order valence-electron chi connectivity index (χ3n) is 4.66. The maximum Gasteiger partial charge on any atom is 0.325 e. The zero-order valence-corrected chi connectivity index (χ0v) is 12.4. The summed E-state index contributed by atoms with van der Waals surface area (Å²) < 4.78 is 5.56. The summed E-state index contributed by atoms with van der Waals surface area (Å²) in [6.07, 6.45) is 5.72. The smallest absolute Gasteiger partial charge is 0.325 e. The summed E-state index contributed by atoms with van der Waals surface area (Å²) >= 11 is 1.67. The maximum absolute atomic E-state index is 11.9. The molecule has 4 rings (SSSR count). The van der Waals surface area contributed by atoms with Gasteiger partial charge in [0, 0.05) is 29.4 Å². The number of carbonyl (C=O) groups is 1. The Morgan fingerprint density at radius 3 is 3.10 bits per heavy atom. The van der Waals surface area contributed by atoms with E-state index in [1.54, 1.807) is 17.6 Å². The molecule has 1 aliphatic carbocycles. The molecule has 0 aromatic carbocycles. The van der Waals surface area contributed by atoms with Crippen LogP contribution in [0.5, 0.6) is 0 Å². The minimum Gasteiger partial charge on any atom is -0.480 e. The van der Waals surface area contributed by atoms with Gasteiger partial charge in [0.25, 0.3) is 0 Å².